The van der Waals surface area contributed by atoms with E-state index in [4.69, 9.17) is 0 Å². The lowest BCUT2D eigenvalue weighted by Crippen LogP contribution is -2.52. The first-order chi connectivity index (χ1) is 8.09. The molecule has 1 amide bonds. The minimum atomic E-state index is -0.321. The topological polar surface area (TPSA) is 32.3 Å². The molecule has 0 aromatic heterocycles. The molecule has 0 aliphatic carbocycles. The molecule has 17 heavy (non-hydrogen) atoms. The molecule has 4 heteroatoms. The Balaban J connectivity index is 2.21. The Kier molecular flexibility index (Phi) is 3.43. The third kappa shape index (κ3) is 2.47. The molecule has 0 spiro atoms. The first kappa shape index (κ1) is 12.0. The van der Waals surface area contributed by atoms with Crippen molar-refractivity contribution in [3.05, 3.63) is 35.1 Å². The van der Waals surface area contributed by atoms with E-state index < -0.39 is 0 Å². The number of carbonyl (C=O) groups is 1. The van der Waals surface area contributed by atoms with Crippen molar-refractivity contribution in [2.75, 3.05) is 19.6 Å². The number of rotatable bonds is 1. The summed E-state index contributed by atoms with van der Waals surface area (Å²) in [5.74, 6) is -0.406. The summed E-state index contributed by atoms with van der Waals surface area (Å²) in [7, 11) is 0. The Bertz CT molecular complexity index is 433. The fourth-order valence-corrected chi connectivity index (χ4v) is 2.03. The van der Waals surface area contributed by atoms with Crippen LogP contribution in [0.1, 0.15) is 22.8 Å². The van der Waals surface area contributed by atoms with Crippen molar-refractivity contribution in [2.45, 2.75) is 19.9 Å². The lowest BCUT2D eigenvalue weighted by atomic mass is 10.1. The second-order valence-electron chi connectivity index (χ2n) is 4.52. The molecule has 1 heterocycles. The quantitative estimate of drug-likeness (QED) is 0.802. The minimum Gasteiger partial charge on any atom is -0.333 e. The van der Waals surface area contributed by atoms with E-state index in [0.29, 0.717) is 17.7 Å². The number of carbonyl (C=O) groups excluding carboxylic acids is 1. The summed E-state index contributed by atoms with van der Waals surface area (Å²) in [6.45, 7) is 5.95. The summed E-state index contributed by atoms with van der Waals surface area (Å²) in [4.78, 5) is 14.0. The maximum absolute atomic E-state index is 13.4. The van der Waals surface area contributed by atoms with Gasteiger partial charge in [-0.1, -0.05) is 6.07 Å². The molecule has 92 valence electrons. The van der Waals surface area contributed by atoms with Crippen molar-refractivity contribution in [3.63, 3.8) is 0 Å². The molecule has 1 aliphatic heterocycles. The zero-order chi connectivity index (χ0) is 12.4. The van der Waals surface area contributed by atoms with Crippen LogP contribution in [0.2, 0.25) is 0 Å². The highest BCUT2D eigenvalue weighted by Gasteiger charge is 2.24. The Hall–Kier alpha value is -1.42. The average molecular weight is 236 g/mol. The summed E-state index contributed by atoms with van der Waals surface area (Å²) in [6, 6.07) is 4.82. The van der Waals surface area contributed by atoms with Crippen LogP contribution in [0, 0.1) is 12.7 Å². The Labute approximate surface area is 101 Å². The van der Waals surface area contributed by atoms with E-state index >= 15 is 0 Å². The number of nitrogens with zero attached hydrogens (tertiary/aromatic N) is 1. The van der Waals surface area contributed by atoms with E-state index in [1.54, 1.807) is 24.0 Å². The maximum atomic E-state index is 13.4. The third-order valence-corrected chi connectivity index (χ3v) is 3.18. The van der Waals surface area contributed by atoms with Gasteiger partial charge in [-0.05, 0) is 31.5 Å². The molecule has 1 atom stereocenters. The van der Waals surface area contributed by atoms with Gasteiger partial charge in [0.15, 0.2) is 0 Å². The van der Waals surface area contributed by atoms with Crippen LogP contribution in [0.15, 0.2) is 18.2 Å². The molecule has 2 rings (SSSR count). The summed E-state index contributed by atoms with van der Waals surface area (Å²) in [5, 5.41) is 3.22. The minimum absolute atomic E-state index is 0.0853. The predicted octanol–water partition coefficient (Wildman–Crippen LogP) is 1.57. The first-order valence-corrected chi connectivity index (χ1v) is 5.87. The predicted molar refractivity (Wildman–Crippen MR) is 64.5 cm³/mol. The van der Waals surface area contributed by atoms with Crippen molar-refractivity contribution in [1.29, 1.82) is 0 Å². The van der Waals surface area contributed by atoms with Crippen LogP contribution in [0.5, 0.6) is 0 Å². The zero-order valence-corrected chi connectivity index (χ0v) is 10.2. The van der Waals surface area contributed by atoms with Crippen molar-refractivity contribution >= 4 is 5.91 Å². The smallest absolute Gasteiger partial charge is 0.254 e. The highest BCUT2D eigenvalue weighted by Crippen LogP contribution is 2.14. The summed E-state index contributed by atoms with van der Waals surface area (Å²) < 4.78 is 13.4. The molecule has 0 saturated carbocycles. The van der Waals surface area contributed by atoms with Crippen molar-refractivity contribution in [1.82, 2.24) is 10.2 Å². The van der Waals surface area contributed by atoms with Gasteiger partial charge >= 0.3 is 0 Å². The molecular formula is C13H17FN2O. The van der Waals surface area contributed by atoms with Gasteiger partial charge in [-0.25, -0.2) is 4.39 Å². The molecule has 1 aliphatic rings. The van der Waals surface area contributed by atoms with Crippen LogP contribution in [-0.2, 0) is 0 Å². The molecule has 0 bridgehead atoms. The van der Waals surface area contributed by atoms with Gasteiger partial charge in [0.05, 0.1) is 0 Å². The number of piperazine rings is 1. The van der Waals surface area contributed by atoms with Gasteiger partial charge < -0.3 is 10.2 Å². The second kappa shape index (κ2) is 4.84. The number of hydrogen-bond acceptors (Lipinski definition) is 2. The fourth-order valence-electron chi connectivity index (χ4n) is 2.03. The van der Waals surface area contributed by atoms with Crippen LogP contribution < -0.4 is 5.32 Å². The lowest BCUT2D eigenvalue weighted by Gasteiger charge is -2.34. The van der Waals surface area contributed by atoms with Crippen LogP contribution in [0.4, 0.5) is 4.39 Å². The van der Waals surface area contributed by atoms with E-state index in [1.807, 2.05) is 6.92 Å². The SMILES string of the molecule is Cc1ccc(C(=O)N2CCNC[C@H]2C)cc1F. The van der Waals surface area contributed by atoms with Gasteiger partial charge in [-0.15, -0.1) is 0 Å². The molecule has 1 N–H and O–H groups in total. The van der Waals surface area contributed by atoms with Crippen molar-refractivity contribution in [3.8, 4) is 0 Å². The number of halogens is 1. The monoisotopic (exact) mass is 236 g/mol. The van der Waals surface area contributed by atoms with E-state index in [2.05, 4.69) is 5.32 Å². The molecule has 1 saturated heterocycles. The van der Waals surface area contributed by atoms with Gasteiger partial charge in [0, 0.05) is 31.2 Å². The van der Waals surface area contributed by atoms with Crippen molar-refractivity contribution in [2.24, 2.45) is 0 Å². The van der Waals surface area contributed by atoms with Gasteiger partial charge in [-0.2, -0.15) is 0 Å². The molecule has 1 aromatic rings. The molecule has 0 unspecified atom stereocenters. The number of nitrogens with one attached hydrogen (secondary N) is 1. The number of amides is 1. The van der Waals surface area contributed by atoms with Gasteiger partial charge in [0.2, 0.25) is 0 Å². The number of aryl methyl sites for hydroxylation is 1. The van der Waals surface area contributed by atoms with Gasteiger partial charge in [0.1, 0.15) is 5.82 Å². The van der Waals surface area contributed by atoms with E-state index in [-0.39, 0.29) is 17.8 Å². The second-order valence-corrected chi connectivity index (χ2v) is 4.52. The normalized spacial score (nSPS) is 20.4. The lowest BCUT2D eigenvalue weighted by molar-refractivity contribution is 0.0655. The summed E-state index contributed by atoms with van der Waals surface area (Å²) in [6.07, 6.45) is 0. The number of benzene rings is 1. The third-order valence-electron chi connectivity index (χ3n) is 3.18. The molecular weight excluding hydrogens is 219 g/mol. The van der Waals surface area contributed by atoms with Crippen molar-refractivity contribution < 1.29 is 9.18 Å². The Morgan fingerprint density at radius 1 is 1.53 bits per heavy atom. The van der Waals surface area contributed by atoms with E-state index in [1.165, 1.54) is 6.07 Å². The molecule has 3 nitrogen and oxygen atoms in total. The number of hydrogen-bond donors (Lipinski definition) is 1. The summed E-state index contributed by atoms with van der Waals surface area (Å²) in [5.41, 5.74) is 0.997. The average Bonchev–Trinajstić information content (AvgIpc) is 2.32. The van der Waals surface area contributed by atoms with Gasteiger partial charge in [-0.3, -0.25) is 4.79 Å². The fraction of sp³-hybridized carbons (Fsp3) is 0.462. The largest absolute Gasteiger partial charge is 0.333 e. The van der Waals surface area contributed by atoms with E-state index in [0.717, 1.165) is 13.1 Å². The van der Waals surface area contributed by atoms with Crippen LogP contribution in [-0.4, -0.2) is 36.5 Å². The summed E-state index contributed by atoms with van der Waals surface area (Å²) >= 11 is 0. The van der Waals surface area contributed by atoms with Gasteiger partial charge in [0.25, 0.3) is 5.91 Å². The van der Waals surface area contributed by atoms with Crippen LogP contribution in [0.25, 0.3) is 0 Å². The highest BCUT2D eigenvalue weighted by molar-refractivity contribution is 5.94. The maximum Gasteiger partial charge on any atom is 0.254 e. The Morgan fingerprint density at radius 3 is 2.94 bits per heavy atom. The first-order valence-electron chi connectivity index (χ1n) is 5.87. The van der Waals surface area contributed by atoms with E-state index in [9.17, 15) is 9.18 Å². The zero-order valence-electron chi connectivity index (χ0n) is 10.2. The van der Waals surface area contributed by atoms with Crippen LogP contribution >= 0.6 is 0 Å². The highest BCUT2D eigenvalue weighted by atomic mass is 19.1. The molecule has 0 radical (unpaired) electrons. The Morgan fingerprint density at radius 2 is 2.29 bits per heavy atom. The molecule has 1 aromatic carbocycles. The standard InChI is InChI=1S/C13H17FN2O/c1-9-3-4-11(7-12(9)14)13(17)16-6-5-15-8-10(16)2/h3-4,7,10,15H,5-6,8H2,1-2H3/t10-/m1/s1. The van der Waals surface area contributed by atoms with Crippen LogP contribution in [0.3, 0.4) is 0 Å². The molecule has 1 fully saturated rings.